The highest BCUT2D eigenvalue weighted by Crippen LogP contribution is 2.36. The molecule has 0 aliphatic rings. The zero-order chi connectivity index (χ0) is 14.2. The lowest BCUT2D eigenvalue weighted by atomic mass is 9.99. The van der Waals surface area contributed by atoms with Crippen LogP contribution >= 0.6 is 0 Å². The van der Waals surface area contributed by atoms with Crippen molar-refractivity contribution in [1.82, 2.24) is 9.97 Å². The largest absolute Gasteiger partial charge is 0.496 e. The van der Waals surface area contributed by atoms with E-state index in [0.29, 0.717) is 0 Å². The fourth-order valence-electron chi connectivity index (χ4n) is 2.78. The van der Waals surface area contributed by atoms with Gasteiger partial charge in [0.05, 0.1) is 30.0 Å². The van der Waals surface area contributed by atoms with Crippen LogP contribution in [0.15, 0.2) is 60.9 Å². The van der Waals surface area contributed by atoms with Crippen molar-refractivity contribution in [1.29, 1.82) is 0 Å². The van der Waals surface area contributed by atoms with Crippen LogP contribution < -0.4 is 4.74 Å². The van der Waals surface area contributed by atoms with Crippen LogP contribution in [0.4, 0.5) is 0 Å². The topological polar surface area (TPSA) is 37.9 Å². The van der Waals surface area contributed by atoms with Crippen LogP contribution in [0, 0.1) is 0 Å². The van der Waals surface area contributed by atoms with Gasteiger partial charge >= 0.3 is 0 Å². The van der Waals surface area contributed by atoms with Crippen LogP contribution in [0.3, 0.4) is 0 Å². The molecule has 0 amide bonds. The van der Waals surface area contributed by atoms with Gasteiger partial charge in [-0.1, -0.05) is 36.4 Å². The first-order valence-corrected chi connectivity index (χ1v) is 6.86. The first kappa shape index (κ1) is 12.0. The van der Waals surface area contributed by atoms with Crippen LogP contribution in [0.2, 0.25) is 0 Å². The average molecular weight is 274 g/mol. The molecule has 0 saturated heterocycles. The lowest BCUT2D eigenvalue weighted by Gasteiger charge is -2.10. The van der Waals surface area contributed by atoms with Gasteiger partial charge in [0, 0.05) is 0 Å². The number of imidazole rings is 1. The molecule has 3 nitrogen and oxygen atoms in total. The number of fused-ring (bicyclic) bond motifs is 2. The number of aromatic amines is 1. The zero-order valence-corrected chi connectivity index (χ0v) is 11.6. The van der Waals surface area contributed by atoms with Gasteiger partial charge in [0.25, 0.3) is 0 Å². The van der Waals surface area contributed by atoms with Crippen molar-refractivity contribution in [2.45, 2.75) is 0 Å². The highest BCUT2D eigenvalue weighted by molar-refractivity contribution is 5.98. The fourth-order valence-corrected chi connectivity index (χ4v) is 2.78. The quantitative estimate of drug-likeness (QED) is 0.588. The lowest BCUT2D eigenvalue weighted by molar-refractivity contribution is 0.417. The number of benzene rings is 3. The van der Waals surface area contributed by atoms with Crippen molar-refractivity contribution in [3.8, 4) is 16.9 Å². The molecule has 4 rings (SSSR count). The van der Waals surface area contributed by atoms with Crippen LogP contribution in [0.25, 0.3) is 32.9 Å². The SMILES string of the molecule is COc1ccc2[nH]cnc2c1-c1ccc2ccccc2c1. The van der Waals surface area contributed by atoms with E-state index in [4.69, 9.17) is 4.74 Å². The third-order valence-corrected chi connectivity index (χ3v) is 3.81. The number of nitrogens with zero attached hydrogens (tertiary/aromatic N) is 1. The number of hydrogen-bond acceptors (Lipinski definition) is 2. The second-order valence-corrected chi connectivity index (χ2v) is 5.00. The van der Waals surface area contributed by atoms with Gasteiger partial charge in [-0.25, -0.2) is 4.98 Å². The highest BCUT2D eigenvalue weighted by atomic mass is 16.5. The normalized spacial score (nSPS) is 11.1. The van der Waals surface area contributed by atoms with E-state index in [1.165, 1.54) is 10.8 Å². The Bertz CT molecular complexity index is 940. The predicted molar refractivity (Wildman–Crippen MR) is 85.6 cm³/mol. The lowest BCUT2D eigenvalue weighted by Crippen LogP contribution is -1.89. The minimum atomic E-state index is 0.838. The Morgan fingerprint density at radius 2 is 1.81 bits per heavy atom. The van der Waals surface area contributed by atoms with Gasteiger partial charge in [-0.3, -0.25) is 0 Å². The summed E-state index contributed by atoms with van der Waals surface area (Å²) in [5.74, 6) is 0.838. The predicted octanol–water partition coefficient (Wildman–Crippen LogP) is 4.39. The maximum absolute atomic E-state index is 5.54. The van der Waals surface area contributed by atoms with Gasteiger partial charge in [0.2, 0.25) is 0 Å². The van der Waals surface area contributed by atoms with E-state index in [-0.39, 0.29) is 0 Å². The molecular weight excluding hydrogens is 260 g/mol. The van der Waals surface area contributed by atoms with E-state index in [9.17, 15) is 0 Å². The number of ether oxygens (including phenoxy) is 1. The molecule has 1 heterocycles. The third kappa shape index (κ3) is 1.86. The summed E-state index contributed by atoms with van der Waals surface area (Å²) >= 11 is 0. The molecule has 1 aromatic heterocycles. The Morgan fingerprint density at radius 1 is 0.952 bits per heavy atom. The Kier molecular flexibility index (Phi) is 2.64. The average Bonchev–Trinajstić information content (AvgIpc) is 3.02. The van der Waals surface area contributed by atoms with E-state index < -0.39 is 0 Å². The molecule has 0 spiro atoms. The van der Waals surface area contributed by atoms with Crippen molar-refractivity contribution in [2.24, 2.45) is 0 Å². The summed E-state index contributed by atoms with van der Waals surface area (Å²) < 4.78 is 5.54. The second-order valence-electron chi connectivity index (χ2n) is 5.00. The Morgan fingerprint density at radius 3 is 2.67 bits per heavy atom. The monoisotopic (exact) mass is 274 g/mol. The van der Waals surface area contributed by atoms with E-state index in [2.05, 4.69) is 52.4 Å². The van der Waals surface area contributed by atoms with Crippen LogP contribution in [0.1, 0.15) is 0 Å². The summed E-state index contributed by atoms with van der Waals surface area (Å²) in [7, 11) is 1.69. The summed E-state index contributed by atoms with van der Waals surface area (Å²) in [6, 6.07) is 18.7. The van der Waals surface area contributed by atoms with Gasteiger partial charge in [-0.15, -0.1) is 0 Å². The van der Waals surface area contributed by atoms with Crippen molar-refractivity contribution in [3.05, 3.63) is 60.9 Å². The first-order chi connectivity index (χ1) is 10.4. The van der Waals surface area contributed by atoms with Crippen LogP contribution in [-0.4, -0.2) is 17.1 Å². The van der Waals surface area contributed by atoms with Crippen LogP contribution in [0.5, 0.6) is 5.75 Å². The number of H-pyrrole nitrogens is 1. The molecule has 102 valence electrons. The molecule has 0 aliphatic heterocycles. The maximum Gasteiger partial charge on any atom is 0.129 e. The number of hydrogen-bond donors (Lipinski definition) is 1. The number of nitrogens with one attached hydrogen (secondary N) is 1. The molecule has 0 fully saturated rings. The van der Waals surface area contributed by atoms with Gasteiger partial charge in [0.1, 0.15) is 5.75 Å². The number of aromatic nitrogens is 2. The molecule has 0 aliphatic carbocycles. The number of methoxy groups -OCH3 is 1. The van der Waals surface area contributed by atoms with Crippen molar-refractivity contribution in [2.75, 3.05) is 7.11 Å². The summed E-state index contributed by atoms with van der Waals surface area (Å²) in [6.07, 6.45) is 1.72. The van der Waals surface area contributed by atoms with E-state index in [1.54, 1.807) is 13.4 Å². The smallest absolute Gasteiger partial charge is 0.129 e. The van der Waals surface area contributed by atoms with Crippen LogP contribution in [-0.2, 0) is 0 Å². The molecule has 21 heavy (non-hydrogen) atoms. The molecule has 4 aromatic rings. The van der Waals surface area contributed by atoms with E-state index in [1.807, 2.05) is 12.1 Å². The van der Waals surface area contributed by atoms with Gasteiger partial charge in [0.15, 0.2) is 0 Å². The molecule has 0 unspecified atom stereocenters. The maximum atomic E-state index is 5.54. The first-order valence-electron chi connectivity index (χ1n) is 6.86. The minimum absolute atomic E-state index is 0.838. The summed E-state index contributed by atoms with van der Waals surface area (Å²) in [4.78, 5) is 7.60. The minimum Gasteiger partial charge on any atom is -0.496 e. The molecule has 3 heteroatoms. The summed E-state index contributed by atoms with van der Waals surface area (Å²) in [6.45, 7) is 0. The van der Waals surface area contributed by atoms with Gasteiger partial charge < -0.3 is 9.72 Å². The molecule has 0 radical (unpaired) electrons. The molecule has 0 saturated carbocycles. The van der Waals surface area contributed by atoms with Gasteiger partial charge in [-0.2, -0.15) is 0 Å². The Hall–Kier alpha value is -2.81. The molecule has 0 atom stereocenters. The molecular formula is C18H14N2O. The van der Waals surface area contributed by atoms with Crippen molar-refractivity contribution in [3.63, 3.8) is 0 Å². The molecule has 1 N–H and O–H groups in total. The highest BCUT2D eigenvalue weighted by Gasteiger charge is 2.13. The Labute approximate surface area is 122 Å². The van der Waals surface area contributed by atoms with Crippen molar-refractivity contribution >= 4 is 21.8 Å². The van der Waals surface area contributed by atoms with Crippen molar-refractivity contribution < 1.29 is 4.74 Å². The standard InChI is InChI=1S/C18H14N2O/c1-21-16-9-8-15-18(20-11-19-15)17(16)14-7-6-12-4-2-3-5-13(12)10-14/h2-11H,1H3,(H,19,20). The van der Waals surface area contributed by atoms with E-state index >= 15 is 0 Å². The Balaban J connectivity index is 2.04. The summed E-state index contributed by atoms with van der Waals surface area (Å²) in [5, 5.41) is 2.44. The fraction of sp³-hybridized carbons (Fsp3) is 0.0556. The molecule has 3 aromatic carbocycles. The third-order valence-electron chi connectivity index (χ3n) is 3.81. The second kappa shape index (κ2) is 4.63. The van der Waals surface area contributed by atoms with Gasteiger partial charge in [-0.05, 0) is 34.5 Å². The molecule has 0 bridgehead atoms. The summed E-state index contributed by atoms with van der Waals surface area (Å²) in [5.41, 5.74) is 4.09. The number of rotatable bonds is 2. The zero-order valence-electron chi connectivity index (χ0n) is 11.6. The van der Waals surface area contributed by atoms with E-state index in [0.717, 1.165) is 27.9 Å².